The molecule has 1 amide bonds. The first kappa shape index (κ1) is 26.0. The van der Waals surface area contributed by atoms with Gasteiger partial charge in [0.15, 0.2) is 22.6 Å². The van der Waals surface area contributed by atoms with Crippen LogP contribution in [0.2, 0.25) is 5.02 Å². The van der Waals surface area contributed by atoms with E-state index in [1.807, 2.05) is 0 Å². The molecule has 190 valence electrons. The van der Waals surface area contributed by atoms with E-state index in [2.05, 4.69) is 25.3 Å². The molecule has 36 heavy (non-hydrogen) atoms. The van der Waals surface area contributed by atoms with Gasteiger partial charge in [-0.25, -0.2) is 28.8 Å². The van der Waals surface area contributed by atoms with E-state index < -0.39 is 27.8 Å². The highest BCUT2D eigenvalue weighted by atomic mass is 35.5. The van der Waals surface area contributed by atoms with Crippen LogP contribution in [0.4, 0.5) is 20.3 Å². The molecular weight excluding hydrogens is 512 g/mol. The molecule has 0 unspecified atom stereocenters. The number of hydroxylamine groups is 2. The van der Waals surface area contributed by atoms with Crippen molar-refractivity contribution < 1.29 is 18.4 Å². The maximum atomic E-state index is 15.3. The molecule has 0 saturated carbocycles. The van der Waals surface area contributed by atoms with Crippen molar-refractivity contribution in [2.24, 2.45) is 16.6 Å². The molecule has 0 bridgehead atoms. The van der Waals surface area contributed by atoms with Crippen molar-refractivity contribution in [3.8, 4) is 0 Å². The van der Waals surface area contributed by atoms with Crippen molar-refractivity contribution in [2.75, 3.05) is 19.5 Å². The van der Waals surface area contributed by atoms with E-state index in [0.29, 0.717) is 16.1 Å². The van der Waals surface area contributed by atoms with Crippen LogP contribution < -0.4 is 11.1 Å². The first-order valence-electron chi connectivity index (χ1n) is 10.8. The number of nitrogens with zero attached hydrogens (tertiary/aromatic N) is 5. The number of nitrogens with two attached hydrogens (primary N) is 1. The molecule has 0 aliphatic carbocycles. The first-order valence-corrected chi connectivity index (χ1v) is 12.0. The maximum absolute atomic E-state index is 15.3. The molecule has 9 nitrogen and oxygen atoms in total. The Morgan fingerprint density at radius 3 is 2.67 bits per heavy atom. The van der Waals surface area contributed by atoms with Crippen LogP contribution in [0.5, 0.6) is 0 Å². The summed E-state index contributed by atoms with van der Waals surface area (Å²) in [4.78, 5) is 35.3. The molecule has 0 fully saturated rings. The lowest BCUT2D eigenvalue weighted by molar-refractivity contribution is -0.173. The zero-order valence-corrected chi connectivity index (χ0v) is 21.7. The average molecular weight is 536 g/mol. The molecule has 3 heterocycles. The van der Waals surface area contributed by atoms with Crippen molar-refractivity contribution >= 4 is 57.0 Å². The van der Waals surface area contributed by atoms with E-state index in [-0.39, 0.29) is 28.1 Å². The third-order valence-corrected chi connectivity index (χ3v) is 8.05. The third kappa shape index (κ3) is 4.33. The van der Waals surface area contributed by atoms with Crippen molar-refractivity contribution in [2.45, 2.75) is 31.1 Å². The molecule has 3 atom stereocenters. The second-order valence-electron chi connectivity index (χ2n) is 8.70. The Morgan fingerprint density at radius 2 is 1.97 bits per heavy atom. The number of nitrogens with one attached hydrogen (secondary N) is 1. The van der Waals surface area contributed by atoms with Gasteiger partial charge in [0, 0.05) is 36.5 Å². The standard InChI is InChI=1S/C23H24ClF2N7O2S/c1-11-22(2,32-21(27)36-23(11,3)20(34)33(4)35-5)14-7-13(8-15(25)17(14)26)31-19-18-16(29-10-30-19)6-12(24)9-28-18/h6-11H,1-5H3,(H2,27,32)(H,29,30,31)/t11-,22-,23-/m0/s1. The number of thioether (sulfide) groups is 1. The highest BCUT2D eigenvalue weighted by Gasteiger charge is 2.55. The van der Waals surface area contributed by atoms with Crippen LogP contribution in [-0.2, 0) is 15.2 Å². The minimum absolute atomic E-state index is 0.0667. The SMILES string of the molecule is CON(C)C(=O)[C@@]1(C)SC(N)=N[C@](C)(c2cc(Nc3ncnc4cc(Cl)cnc34)cc(F)c2F)[C@@H]1C. The van der Waals surface area contributed by atoms with Crippen LogP contribution in [0.3, 0.4) is 0 Å². The number of fused-ring (bicyclic) bond motifs is 1. The second kappa shape index (κ2) is 9.41. The lowest BCUT2D eigenvalue weighted by atomic mass is 9.73. The van der Waals surface area contributed by atoms with Crippen LogP contribution >= 0.6 is 23.4 Å². The number of aliphatic imine (C=N–C) groups is 1. The largest absolute Gasteiger partial charge is 0.378 e. The summed E-state index contributed by atoms with van der Waals surface area (Å²) in [5.74, 6) is -2.94. The lowest BCUT2D eigenvalue weighted by Gasteiger charge is -2.47. The Morgan fingerprint density at radius 1 is 1.25 bits per heavy atom. The van der Waals surface area contributed by atoms with Crippen molar-refractivity contribution in [3.05, 3.63) is 52.9 Å². The van der Waals surface area contributed by atoms with Gasteiger partial charge in [0.05, 0.1) is 23.2 Å². The lowest BCUT2D eigenvalue weighted by Crippen LogP contribution is -2.56. The average Bonchev–Trinajstić information content (AvgIpc) is 2.83. The van der Waals surface area contributed by atoms with Gasteiger partial charge in [-0.2, -0.15) is 0 Å². The Kier molecular flexibility index (Phi) is 6.80. The molecule has 13 heteroatoms. The fourth-order valence-corrected chi connectivity index (χ4v) is 5.73. The van der Waals surface area contributed by atoms with E-state index in [4.69, 9.17) is 22.2 Å². The summed E-state index contributed by atoms with van der Waals surface area (Å²) in [6.07, 6.45) is 2.74. The molecule has 4 rings (SSSR count). The summed E-state index contributed by atoms with van der Waals surface area (Å²) in [6, 6.07) is 4.04. The smallest absolute Gasteiger partial charge is 0.262 e. The zero-order valence-electron chi connectivity index (χ0n) is 20.1. The van der Waals surface area contributed by atoms with Crippen LogP contribution in [0.15, 0.2) is 35.7 Å². The van der Waals surface area contributed by atoms with Gasteiger partial charge in [-0.05, 0) is 26.0 Å². The highest BCUT2D eigenvalue weighted by Crippen LogP contribution is 2.51. The maximum Gasteiger partial charge on any atom is 0.262 e. The fraction of sp³-hybridized carbons (Fsp3) is 0.348. The van der Waals surface area contributed by atoms with Crippen LogP contribution in [0.1, 0.15) is 26.3 Å². The highest BCUT2D eigenvalue weighted by molar-refractivity contribution is 8.15. The normalized spacial score (nSPS) is 23.9. The Labute approximate surface area is 215 Å². The molecule has 1 aliphatic rings. The van der Waals surface area contributed by atoms with Gasteiger partial charge >= 0.3 is 0 Å². The summed E-state index contributed by atoms with van der Waals surface area (Å²) < 4.78 is 29.1. The summed E-state index contributed by atoms with van der Waals surface area (Å²) in [5, 5.41) is 4.53. The van der Waals surface area contributed by atoms with Crippen molar-refractivity contribution in [1.82, 2.24) is 20.0 Å². The van der Waals surface area contributed by atoms with Gasteiger partial charge in [0.2, 0.25) is 0 Å². The monoisotopic (exact) mass is 535 g/mol. The Hall–Kier alpha value is -3.09. The second-order valence-corrected chi connectivity index (χ2v) is 10.6. The predicted octanol–water partition coefficient (Wildman–Crippen LogP) is 4.39. The topological polar surface area (TPSA) is 119 Å². The minimum atomic E-state index is -1.39. The number of anilines is 2. The predicted molar refractivity (Wildman–Crippen MR) is 136 cm³/mol. The number of amidine groups is 1. The summed E-state index contributed by atoms with van der Waals surface area (Å²) in [6.45, 7) is 5.04. The van der Waals surface area contributed by atoms with Gasteiger partial charge < -0.3 is 11.1 Å². The van der Waals surface area contributed by atoms with E-state index in [0.717, 1.165) is 22.9 Å². The Balaban J connectivity index is 1.81. The minimum Gasteiger partial charge on any atom is -0.378 e. The molecule has 3 aromatic rings. The van der Waals surface area contributed by atoms with Crippen LogP contribution in [0.25, 0.3) is 11.0 Å². The number of hydrogen-bond acceptors (Lipinski definition) is 9. The van der Waals surface area contributed by atoms with Gasteiger partial charge in [-0.15, -0.1) is 0 Å². The van der Waals surface area contributed by atoms with Gasteiger partial charge in [-0.1, -0.05) is 30.3 Å². The molecule has 2 aromatic heterocycles. The van der Waals surface area contributed by atoms with Crippen molar-refractivity contribution in [3.63, 3.8) is 0 Å². The summed E-state index contributed by atoms with van der Waals surface area (Å²) in [5.41, 5.74) is 5.72. The number of rotatable bonds is 5. The fourth-order valence-electron chi connectivity index (χ4n) is 4.29. The van der Waals surface area contributed by atoms with Gasteiger partial charge in [-0.3, -0.25) is 14.6 Å². The molecule has 0 spiro atoms. The molecule has 0 saturated heterocycles. The number of carbonyl (C=O) groups excluding carboxylic acids is 1. The first-order chi connectivity index (χ1) is 16.9. The van der Waals surface area contributed by atoms with Crippen molar-refractivity contribution in [1.29, 1.82) is 0 Å². The third-order valence-electron chi connectivity index (χ3n) is 6.59. The molecule has 0 radical (unpaired) electrons. The van der Waals surface area contributed by atoms with E-state index in [9.17, 15) is 9.18 Å². The Bertz CT molecular complexity index is 1390. The number of carbonyl (C=O) groups is 1. The number of benzene rings is 1. The number of pyridine rings is 1. The zero-order chi connectivity index (χ0) is 26.4. The summed E-state index contributed by atoms with van der Waals surface area (Å²) >= 11 is 7.05. The van der Waals surface area contributed by atoms with Gasteiger partial charge in [0.25, 0.3) is 5.91 Å². The molecule has 1 aliphatic heterocycles. The molecule has 1 aromatic carbocycles. The number of hydrogen-bond donors (Lipinski definition) is 2. The summed E-state index contributed by atoms with van der Waals surface area (Å²) in [7, 11) is 2.83. The number of halogens is 3. The number of aromatic nitrogens is 3. The van der Waals surface area contributed by atoms with E-state index >= 15 is 4.39 Å². The number of amides is 1. The van der Waals surface area contributed by atoms with Crippen LogP contribution in [-0.4, -0.2) is 50.0 Å². The van der Waals surface area contributed by atoms with Gasteiger partial charge in [0.1, 0.15) is 16.6 Å². The van der Waals surface area contributed by atoms with E-state index in [1.165, 1.54) is 32.7 Å². The molecule has 3 N–H and O–H groups in total. The van der Waals surface area contributed by atoms with Crippen LogP contribution in [0, 0.1) is 17.6 Å². The van der Waals surface area contributed by atoms with E-state index in [1.54, 1.807) is 26.8 Å². The quantitative estimate of drug-likeness (QED) is 0.462. The molecular formula is C23H24ClF2N7O2S.